The zero-order chi connectivity index (χ0) is 31.1. The summed E-state index contributed by atoms with van der Waals surface area (Å²) in [5.74, 6) is -1.02. The van der Waals surface area contributed by atoms with Gasteiger partial charge in [-0.25, -0.2) is 0 Å². The number of rotatable bonds is 6. The van der Waals surface area contributed by atoms with Crippen LogP contribution in [0.4, 0.5) is 11.4 Å². The molecule has 1 amide bonds. The zero-order valence-corrected chi connectivity index (χ0v) is 26.0. The Hall–Kier alpha value is -3.80. The van der Waals surface area contributed by atoms with Crippen molar-refractivity contribution in [3.05, 3.63) is 76.0 Å². The molecule has 0 aromatic heterocycles. The van der Waals surface area contributed by atoms with E-state index < -0.39 is 23.9 Å². The number of carbonyl (C=O) groups is 2. The molecule has 5 aliphatic heterocycles. The fourth-order valence-electron chi connectivity index (χ4n) is 7.98. The summed E-state index contributed by atoms with van der Waals surface area (Å²) < 4.78 is 35.0. The maximum atomic E-state index is 12.4. The Balaban J connectivity index is 1.28. The number of benzene rings is 2. The number of nitrogens with one attached hydrogen (secondary N) is 1. The van der Waals surface area contributed by atoms with Gasteiger partial charge in [-0.05, 0) is 55.7 Å². The molecule has 5 heterocycles. The SMILES string of the molecule is CC1(C)C2=C3C=C4C5=[N+](CCC4OC3CCN2c2ccc(CC(=O)NCC(=O)O)cc21)c1ccc(OS(=O)O)cc1C5(C)C. The van der Waals surface area contributed by atoms with Gasteiger partial charge < -0.3 is 24.2 Å². The molecule has 0 spiro atoms. The second-order valence-corrected chi connectivity index (χ2v) is 13.8. The van der Waals surface area contributed by atoms with E-state index in [1.807, 2.05) is 18.2 Å². The first kappa shape index (κ1) is 28.9. The monoisotopic (exact) mass is 618 g/mol. The van der Waals surface area contributed by atoms with E-state index in [2.05, 4.69) is 60.7 Å². The van der Waals surface area contributed by atoms with Crippen LogP contribution < -0.4 is 14.4 Å². The normalized spacial score (nSPS) is 24.3. The quantitative estimate of drug-likeness (QED) is 0.329. The van der Waals surface area contributed by atoms with Crippen LogP contribution in [0.3, 0.4) is 0 Å². The summed E-state index contributed by atoms with van der Waals surface area (Å²) in [6, 6.07) is 11.7. The molecule has 2 aromatic rings. The number of ether oxygens (including phenoxy) is 1. The van der Waals surface area contributed by atoms with Crippen molar-refractivity contribution in [1.82, 2.24) is 5.32 Å². The Bertz CT molecular complexity index is 1760. The molecule has 0 aliphatic carbocycles. The van der Waals surface area contributed by atoms with Gasteiger partial charge in [0.1, 0.15) is 12.3 Å². The first-order valence-corrected chi connectivity index (χ1v) is 16.0. The number of carboxylic acids is 1. The molecule has 5 aliphatic rings. The van der Waals surface area contributed by atoms with E-state index in [0.717, 1.165) is 54.0 Å². The number of allylic oxidation sites excluding steroid dienone is 1. The van der Waals surface area contributed by atoms with Crippen molar-refractivity contribution in [2.45, 2.75) is 70.0 Å². The molecule has 3 unspecified atom stereocenters. The van der Waals surface area contributed by atoms with E-state index in [0.29, 0.717) is 5.75 Å². The van der Waals surface area contributed by atoms with Crippen LogP contribution in [0.1, 0.15) is 57.2 Å². The van der Waals surface area contributed by atoms with Gasteiger partial charge in [0.05, 0.1) is 24.0 Å². The van der Waals surface area contributed by atoms with Crippen LogP contribution in [0, 0.1) is 0 Å². The third-order valence-electron chi connectivity index (χ3n) is 9.76. The molecule has 0 bridgehead atoms. The molecule has 10 nitrogen and oxygen atoms in total. The number of aliphatic carboxylic acids is 1. The number of carboxylic acid groups (broad SMARTS) is 1. The first-order valence-electron chi connectivity index (χ1n) is 15.0. The van der Waals surface area contributed by atoms with Gasteiger partial charge in [0.15, 0.2) is 12.3 Å². The van der Waals surface area contributed by atoms with Crippen LogP contribution in [0.25, 0.3) is 0 Å². The number of amides is 1. The van der Waals surface area contributed by atoms with Crippen molar-refractivity contribution in [3.8, 4) is 5.75 Å². The van der Waals surface area contributed by atoms with Crippen molar-refractivity contribution >= 4 is 40.3 Å². The van der Waals surface area contributed by atoms with Gasteiger partial charge >= 0.3 is 17.3 Å². The van der Waals surface area contributed by atoms with Crippen LogP contribution in [0.5, 0.6) is 5.75 Å². The van der Waals surface area contributed by atoms with Crippen LogP contribution in [0.15, 0.2) is 59.3 Å². The molecule has 0 saturated heterocycles. The van der Waals surface area contributed by atoms with E-state index in [9.17, 15) is 18.4 Å². The number of anilines is 1. The number of nitrogens with zero attached hydrogens (tertiary/aromatic N) is 2. The Kier molecular flexibility index (Phi) is 6.65. The molecule has 11 heteroatoms. The van der Waals surface area contributed by atoms with Crippen LogP contribution >= 0.6 is 0 Å². The Morgan fingerprint density at radius 1 is 1.09 bits per heavy atom. The molecule has 230 valence electrons. The van der Waals surface area contributed by atoms with Crippen LogP contribution in [0.2, 0.25) is 0 Å². The predicted octanol–water partition coefficient (Wildman–Crippen LogP) is 3.87. The standard InChI is InChI=1S/C33H35N3O7S/c1-32(2)22-13-18(14-28(37)34-17-29(38)39)5-7-24(22)35-11-9-26-20(30(32)35)16-21-27(42-26)10-12-36-25-8-6-19(43-44(40)41)15-23(25)33(3,4)31(21)36/h5-8,13,15-16,26-27H,9-12,14,17H2,1-4H3,(H2-,34,37,38,39,40,41)/p+1. The highest BCUT2D eigenvalue weighted by Gasteiger charge is 2.54. The van der Waals surface area contributed by atoms with E-state index >= 15 is 0 Å². The summed E-state index contributed by atoms with van der Waals surface area (Å²) >= 11 is -2.40. The number of hydrogen-bond donors (Lipinski definition) is 3. The van der Waals surface area contributed by atoms with Crippen molar-refractivity contribution in [2.24, 2.45) is 0 Å². The lowest BCUT2D eigenvalue weighted by Crippen LogP contribution is -2.47. The summed E-state index contributed by atoms with van der Waals surface area (Å²) in [7, 11) is 0. The predicted molar refractivity (Wildman–Crippen MR) is 165 cm³/mol. The lowest BCUT2D eigenvalue weighted by molar-refractivity contribution is -0.445. The van der Waals surface area contributed by atoms with E-state index in [4.69, 9.17) is 14.0 Å². The molecular weight excluding hydrogens is 582 g/mol. The van der Waals surface area contributed by atoms with Crippen molar-refractivity contribution in [1.29, 1.82) is 0 Å². The Morgan fingerprint density at radius 3 is 2.64 bits per heavy atom. The Morgan fingerprint density at radius 2 is 1.89 bits per heavy atom. The second kappa shape index (κ2) is 10.1. The van der Waals surface area contributed by atoms with Gasteiger partial charge in [0.25, 0.3) is 0 Å². The molecule has 44 heavy (non-hydrogen) atoms. The van der Waals surface area contributed by atoms with Crippen LogP contribution in [-0.2, 0) is 42.9 Å². The average Bonchev–Trinajstić information content (AvgIpc) is 3.34. The summed E-state index contributed by atoms with van der Waals surface area (Å²) in [5, 5.41) is 11.4. The van der Waals surface area contributed by atoms with Crippen molar-refractivity contribution < 1.29 is 37.0 Å². The van der Waals surface area contributed by atoms with Crippen LogP contribution in [-0.4, -0.2) is 67.9 Å². The highest BCUT2D eigenvalue weighted by atomic mass is 32.2. The fraction of sp³-hybridized carbons (Fsp3) is 0.424. The maximum Gasteiger partial charge on any atom is 0.357 e. The largest absolute Gasteiger partial charge is 0.480 e. The van der Waals surface area contributed by atoms with Gasteiger partial charge in [0.2, 0.25) is 11.6 Å². The lowest BCUT2D eigenvalue weighted by atomic mass is 9.73. The molecule has 7 rings (SSSR count). The average molecular weight is 619 g/mol. The molecule has 0 fully saturated rings. The number of carbonyl (C=O) groups excluding carboxylic acids is 1. The minimum Gasteiger partial charge on any atom is -0.480 e. The third kappa shape index (κ3) is 4.43. The molecule has 2 aromatic carbocycles. The van der Waals surface area contributed by atoms with Crippen molar-refractivity contribution in [3.63, 3.8) is 0 Å². The summed E-state index contributed by atoms with van der Waals surface area (Å²) in [6.07, 6.45) is 4.19. The maximum absolute atomic E-state index is 12.4. The van der Waals surface area contributed by atoms with Gasteiger partial charge in [-0.1, -0.05) is 26.0 Å². The minimum atomic E-state index is -2.40. The molecular formula is C33H36N3O7S+. The molecule has 3 N–H and O–H groups in total. The fourth-order valence-corrected chi connectivity index (χ4v) is 8.25. The number of hydrogen-bond acceptors (Lipinski definition) is 6. The highest BCUT2D eigenvalue weighted by Crippen LogP contribution is 2.54. The molecule has 0 saturated carbocycles. The summed E-state index contributed by atoms with van der Waals surface area (Å²) in [4.78, 5) is 25.7. The summed E-state index contributed by atoms with van der Waals surface area (Å²) in [6.45, 7) is 10.1. The number of fused-ring (bicyclic) bond motifs is 8. The second-order valence-electron chi connectivity index (χ2n) is 13.2. The van der Waals surface area contributed by atoms with Gasteiger partial charge in [-0.15, -0.1) is 0 Å². The van der Waals surface area contributed by atoms with Gasteiger partial charge in [-0.2, -0.15) is 8.78 Å². The zero-order valence-electron chi connectivity index (χ0n) is 25.2. The summed E-state index contributed by atoms with van der Waals surface area (Å²) in [5.41, 5.74) is 9.30. The Labute approximate surface area is 258 Å². The van der Waals surface area contributed by atoms with E-state index in [-0.39, 0.29) is 35.4 Å². The molecule has 0 radical (unpaired) electrons. The topological polar surface area (TPSA) is 128 Å². The smallest absolute Gasteiger partial charge is 0.357 e. The van der Waals surface area contributed by atoms with E-state index in [1.165, 1.54) is 22.6 Å². The first-order chi connectivity index (χ1) is 20.9. The third-order valence-corrected chi connectivity index (χ3v) is 10.1. The van der Waals surface area contributed by atoms with Gasteiger partial charge in [-0.3, -0.25) is 14.1 Å². The highest BCUT2D eigenvalue weighted by molar-refractivity contribution is 7.74. The van der Waals surface area contributed by atoms with Crippen molar-refractivity contribution in [2.75, 3.05) is 24.5 Å². The van der Waals surface area contributed by atoms with Gasteiger partial charge in [0, 0.05) is 52.5 Å². The van der Waals surface area contributed by atoms with E-state index in [1.54, 1.807) is 6.07 Å². The molecule has 3 atom stereocenters. The lowest BCUT2D eigenvalue weighted by Gasteiger charge is -2.42. The minimum absolute atomic E-state index is 0.0107.